The van der Waals surface area contributed by atoms with E-state index in [1.807, 2.05) is 24.0 Å². The van der Waals surface area contributed by atoms with Crippen LogP contribution in [0.1, 0.15) is 29.8 Å². The first-order valence-electron chi connectivity index (χ1n) is 6.56. The minimum absolute atomic E-state index is 0.156. The SMILES string of the molecule is CCN(Cc1ccncc1)c1cccc(F)c1C(C)=O. The zero-order chi connectivity index (χ0) is 14.5. The second-order valence-electron chi connectivity index (χ2n) is 4.56. The monoisotopic (exact) mass is 272 g/mol. The van der Waals surface area contributed by atoms with Gasteiger partial charge in [-0.2, -0.15) is 0 Å². The van der Waals surface area contributed by atoms with Gasteiger partial charge in [0.15, 0.2) is 5.78 Å². The second kappa shape index (κ2) is 6.28. The molecular weight excluding hydrogens is 255 g/mol. The lowest BCUT2D eigenvalue weighted by molar-refractivity contribution is 0.101. The molecule has 1 heterocycles. The Bertz CT molecular complexity index is 599. The highest BCUT2D eigenvalue weighted by Crippen LogP contribution is 2.25. The van der Waals surface area contributed by atoms with Gasteiger partial charge in [0, 0.05) is 25.5 Å². The third kappa shape index (κ3) is 3.02. The zero-order valence-corrected chi connectivity index (χ0v) is 11.6. The van der Waals surface area contributed by atoms with Gasteiger partial charge < -0.3 is 4.90 Å². The molecule has 2 rings (SSSR count). The Kier molecular flexibility index (Phi) is 4.45. The van der Waals surface area contributed by atoms with Crippen LogP contribution in [0.25, 0.3) is 0 Å². The first-order valence-corrected chi connectivity index (χ1v) is 6.56. The second-order valence-corrected chi connectivity index (χ2v) is 4.56. The summed E-state index contributed by atoms with van der Waals surface area (Å²) in [5, 5.41) is 0. The van der Waals surface area contributed by atoms with Crippen LogP contribution in [0.3, 0.4) is 0 Å². The molecular formula is C16H17FN2O. The fraction of sp³-hybridized carbons (Fsp3) is 0.250. The molecule has 0 unspecified atom stereocenters. The average molecular weight is 272 g/mol. The summed E-state index contributed by atoms with van der Waals surface area (Å²) >= 11 is 0. The van der Waals surface area contributed by atoms with Crippen LogP contribution in [-0.2, 0) is 6.54 Å². The molecule has 0 saturated heterocycles. The topological polar surface area (TPSA) is 33.2 Å². The van der Waals surface area contributed by atoms with Crippen LogP contribution in [-0.4, -0.2) is 17.3 Å². The Morgan fingerprint density at radius 3 is 2.55 bits per heavy atom. The highest BCUT2D eigenvalue weighted by Gasteiger charge is 2.17. The number of hydrogen-bond acceptors (Lipinski definition) is 3. The van der Waals surface area contributed by atoms with Crippen molar-refractivity contribution in [3.63, 3.8) is 0 Å². The van der Waals surface area contributed by atoms with Gasteiger partial charge in [0.05, 0.1) is 11.3 Å². The van der Waals surface area contributed by atoms with E-state index in [-0.39, 0.29) is 11.3 Å². The van der Waals surface area contributed by atoms with Crippen LogP contribution in [0.5, 0.6) is 0 Å². The molecule has 0 atom stereocenters. The Hall–Kier alpha value is -2.23. The number of Topliss-reactive ketones (excluding diaryl/α,β-unsaturated/α-hetero) is 1. The van der Waals surface area contributed by atoms with Crippen molar-refractivity contribution in [3.05, 3.63) is 59.7 Å². The van der Waals surface area contributed by atoms with Crippen LogP contribution in [0.4, 0.5) is 10.1 Å². The maximum atomic E-state index is 13.9. The highest BCUT2D eigenvalue weighted by atomic mass is 19.1. The molecule has 0 saturated carbocycles. The van der Waals surface area contributed by atoms with Crippen LogP contribution in [0, 0.1) is 5.82 Å². The molecule has 1 aromatic carbocycles. The van der Waals surface area contributed by atoms with Gasteiger partial charge in [0.25, 0.3) is 0 Å². The largest absolute Gasteiger partial charge is 0.367 e. The van der Waals surface area contributed by atoms with Crippen molar-refractivity contribution < 1.29 is 9.18 Å². The minimum Gasteiger partial charge on any atom is -0.367 e. The number of anilines is 1. The van der Waals surface area contributed by atoms with Crippen molar-refractivity contribution in [1.29, 1.82) is 0 Å². The normalized spacial score (nSPS) is 10.3. The molecule has 0 amide bonds. The fourth-order valence-corrected chi connectivity index (χ4v) is 2.20. The quantitative estimate of drug-likeness (QED) is 0.782. The molecule has 0 N–H and O–H groups in total. The maximum absolute atomic E-state index is 13.9. The lowest BCUT2D eigenvalue weighted by atomic mass is 10.1. The molecule has 2 aromatic rings. The first kappa shape index (κ1) is 14.2. The van der Waals surface area contributed by atoms with Gasteiger partial charge in [-0.15, -0.1) is 0 Å². The number of nitrogens with zero attached hydrogens (tertiary/aromatic N) is 2. The molecule has 4 heteroatoms. The summed E-state index contributed by atoms with van der Waals surface area (Å²) in [5.74, 6) is -0.727. The van der Waals surface area contributed by atoms with Crippen LogP contribution in [0.2, 0.25) is 0 Å². The van der Waals surface area contributed by atoms with Gasteiger partial charge in [-0.25, -0.2) is 4.39 Å². The summed E-state index contributed by atoms with van der Waals surface area (Å²) in [6, 6.07) is 8.56. The zero-order valence-electron chi connectivity index (χ0n) is 11.6. The molecule has 0 radical (unpaired) electrons. The summed E-state index contributed by atoms with van der Waals surface area (Å²) in [4.78, 5) is 17.6. The van der Waals surface area contributed by atoms with E-state index in [2.05, 4.69) is 4.98 Å². The Morgan fingerprint density at radius 1 is 1.25 bits per heavy atom. The first-order chi connectivity index (χ1) is 9.63. The molecule has 20 heavy (non-hydrogen) atoms. The van der Waals surface area contributed by atoms with E-state index in [4.69, 9.17) is 0 Å². The maximum Gasteiger partial charge on any atom is 0.164 e. The van der Waals surface area contributed by atoms with E-state index in [0.29, 0.717) is 18.8 Å². The molecule has 0 aliphatic carbocycles. The molecule has 0 aliphatic rings. The summed E-state index contributed by atoms with van der Waals surface area (Å²) in [6.07, 6.45) is 3.45. The number of benzene rings is 1. The number of halogens is 1. The van der Waals surface area contributed by atoms with Crippen molar-refractivity contribution in [2.24, 2.45) is 0 Å². The van der Waals surface area contributed by atoms with E-state index in [1.54, 1.807) is 24.5 Å². The van der Waals surface area contributed by atoms with Crippen molar-refractivity contribution in [2.45, 2.75) is 20.4 Å². The number of hydrogen-bond donors (Lipinski definition) is 0. The summed E-state index contributed by atoms with van der Waals surface area (Å²) in [7, 11) is 0. The van der Waals surface area contributed by atoms with E-state index >= 15 is 0 Å². The Labute approximate surface area is 118 Å². The standard InChI is InChI=1S/C16H17FN2O/c1-3-19(11-13-7-9-18-10-8-13)15-6-4-5-14(17)16(15)12(2)20/h4-10H,3,11H2,1-2H3. The van der Waals surface area contributed by atoms with Crippen LogP contribution < -0.4 is 4.90 Å². The molecule has 104 valence electrons. The minimum atomic E-state index is -0.469. The number of ketones is 1. The number of rotatable bonds is 5. The van der Waals surface area contributed by atoms with Gasteiger partial charge in [-0.05, 0) is 43.7 Å². The Morgan fingerprint density at radius 2 is 1.95 bits per heavy atom. The van der Waals surface area contributed by atoms with E-state index in [9.17, 15) is 9.18 Å². The van der Waals surface area contributed by atoms with Crippen molar-refractivity contribution in [1.82, 2.24) is 4.98 Å². The molecule has 0 spiro atoms. The van der Waals surface area contributed by atoms with E-state index in [0.717, 1.165) is 5.56 Å². The third-order valence-corrected chi connectivity index (χ3v) is 3.19. The average Bonchev–Trinajstić information content (AvgIpc) is 2.45. The number of carbonyl (C=O) groups excluding carboxylic acids is 1. The predicted molar refractivity (Wildman–Crippen MR) is 77.4 cm³/mol. The Balaban J connectivity index is 2.37. The highest BCUT2D eigenvalue weighted by molar-refractivity contribution is 6.00. The van der Waals surface area contributed by atoms with Crippen LogP contribution in [0.15, 0.2) is 42.7 Å². The van der Waals surface area contributed by atoms with Gasteiger partial charge in [0.1, 0.15) is 5.82 Å². The van der Waals surface area contributed by atoms with Crippen molar-refractivity contribution in [3.8, 4) is 0 Å². The number of aromatic nitrogens is 1. The van der Waals surface area contributed by atoms with Crippen molar-refractivity contribution >= 4 is 11.5 Å². The lowest BCUT2D eigenvalue weighted by Crippen LogP contribution is -2.24. The summed E-state index contributed by atoms with van der Waals surface area (Å²) in [5.41, 5.74) is 1.86. The van der Waals surface area contributed by atoms with Crippen molar-refractivity contribution in [2.75, 3.05) is 11.4 Å². The molecule has 0 fully saturated rings. The van der Waals surface area contributed by atoms with E-state index < -0.39 is 5.82 Å². The molecule has 3 nitrogen and oxygen atoms in total. The van der Waals surface area contributed by atoms with Crippen LogP contribution >= 0.6 is 0 Å². The molecule has 0 aliphatic heterocycles. The molecule has 1 aromatic heterocycles. The molecule has 0 bridgehead atoms. The summed E-state index contributed by atoms with van der Waals surface area (Å²) in [6.45, 7) is 4.67. The fourth-order valence-electron chi connectivity index (χ4n) is 2.20. The lowest BCUT2D eigenvalue weighted by Gasteiger charge is -2.25. The van der Waals surface area contributed by atoms with Gasteiger partial charge in [-0.1, -0.05) is 6.07 Å². The number of carbonyl (C=O) groups is 1. The number of pyridine rings is 1. The predicted octanol–water partition coefficient (Wildman–Crippen LogP) is 3.45. The van der Waals surface area contributed by atoms with Gasteiger partial charge in [-0.3, -0.25) is 9.78 Å². The van der Waals surface area contributed by atoms with Gasteiger partial charge >= 0.3 is 0 Å². The smallest absolute Gasteiger partial charge is 0.164 e. The third-order valence-electron chi connectivity index (χ3n) is 3.19. The summed E-state index contributed by atoms with van der Waals surface area (Å²) < 4.78 is 13.9. The van der Waals surface area contributed by atoms with Gasteiger partial charge in [0.2, 0.25) is 0 Å². The van der Waals surface area contributed by atoms with E-state index in [1.165, 1.54) is 13.0 Å².